The molecule has 0 aliphatic carbocycles. The Bertz CT molecular complexity index is 586. The number of hydrogen-bond acceptors (Lipinski definition) is 5. The molecule has 5 nitrogen and oxygen atoms in total. The molecule has 3 rings (SSSR count). The van der Waals surface area contributed by atoms with Gasteiger partial charge >= 0.3 is 0 Å². The second kappa shape index (κ2) is 5.89. The summed E-state index contributed by atoms with van der Waals surface area (Å²) in [6.45, 7) is 3.34. The van der Waals surface area contributed by atoms with Crippen LogP contribution in [0.1, 0.15) is 43.0 Å². The van der Waals surface area contributed by atoms with Crippen molar-refractivity contribution in [2.45, 2.75) is 31.9 Å². The number of fused-ring (bicyclic) bond motifs is 3. The summed E-state index contributed by atoms with van der Waals surface area (Å²) in [5, 5.41) is 10.5. The van der Waals surface area contributed by atoms with Crippen molar-refractivity contribution in [3.63, 3.8) is 0 Å². The molecule has 0 unspecified atom stereocenters. The lowest BCUT2D eigenvalue weighted by atomic mass is 9.81. The van der Waals surface area contributed by atoms with E-state index in [1.165, 1.54) is 0 Å². The van der Waals surface area contributed by atoms with E-state index in [9.17, 15) is 9.90 Å². The number of nitrogens with zero attached hydrogens (tertiary/aromatic N) is 1. The monoisotopic (exact) mass is 305 g/mol. The third-order valence-electron chi connectivity index (χ3n) is 4.95. The smallest absolute Gasteiger partial charge is 0.161 e. The molecule has 5 heteroatoms. The zero-order valence-corrected chi connectivity index (χ0v) is 13.3. The molecule has 3 atom stereocenters. The molecule has 2 heterocycles. The van der Waals surface area contributed by atoms with Gasteiger partial charge in [-0.1, -0.05) is 6.92 Å². The first-order chi connectivity index (χ1) is 10.6. The molecule has 0 spiro atoms. The molecule has 120 valence electrons. The highest BCUT2D eigenvalue weighted by molar-refractivity contribution is 5.83. The van der Waals surface area contributed by atoms with Gasteiger partial charge in [-0.05, 0) is 29.7 Å². The van der Waals surface area contributed by atoms with Crippen LogP contribution in [0.15, 0.2) is 12.1 Å². The average molecular weight is 305 g/mol. The number of Topliss-reactive ketones (excluding diaryl/α,β-unsaturated/α-hetero) is 1. The molecule has 2 aliphatic rings. The summed E-state index contributed by atoms with van der Waals surface area (Å²) >= 11 is 0. The molecule has 1 saturated heterocycles. The van der Waals surface area contributed by atoms with Crippen LogP contribution >= 0.6 is 0 Å². The number of methoxy groups -OCH3 is 2. The topological polar surface area (TPSA) is 59.0 Å². The van der Waals surface area contributed by atoms with Crippen LogP contribution in [-0.4, -0.2) is 43.1 Å². The van der Waals surface area contributed by atoms with Gasteiger partial charge in [0.1, 0.15) is 5.78 Å². The molecule has 0 bridgehead atoms. The number of carbonyl (C=O) groups is 1. The van der Waals surface area contributed by atoms with Gasteiger partial charge in [0.2, 0.25) is 0 Å². The summed E-state index contributed by atoms with van der Waals surface area (Å²) in [5.74, 6) is 1.66. The van der Waals surface area contributed by atoms with Crippen LogP contribution in [-0.2, 0) is 4.79 Å². The Kier molecular flexibility index (Phi) is 4.10. The lowest BCUT2D eigenvalue weighted by Crippen LogP contribution is -2.47. The first kappa shape index (κ1) is 15.3. The maximum Gasteiger partial charge on any atom is 0.161 e. The zero-order valence-electron chi connectivity index (χ0n) is 13.3. The van der Waals surface area contributed by atoms with Gasteiger partial charge in [0.15, 0.2) is 11.5 Å². The van der Waals surface area contributed by atoms with Gasteiger partial charge in [-0.15, -0.1) is 0 Å². The third-order valence-corrected chi connectivity index (χ3v) is 4.95. The number of rotatable bonds is 3. The normalized spacial score (nSPS) is 28.0. The fourth-order valence-electron chi connectivity index (χ4n) is 3.67. The molecule has 1 fully saturated rings. The number of ketones is 1. The fourth-order valence-corrected chi connectivity index (χ4v) is 3.67. The maximum absolute atomic E-state index is 12.3. The summed E-state index contributed by atoms with van der Waals surface area (Å²) in [4.78, 5) is 14.5. The van der Waals surface area contributed by atoms with Crippen molar-refractivity contribution in [2.75, 3.05) is 27.3 Å². The Morgan fingerprint density at radius 3 is 2.41 bits per heavy atom. The fraction of sp³-hybridized carbons (Fsp3) is 0.588. The minimum Gasteiger partial charge on any atom is -0.493 e. The van der Waals surface area contributed by atoms with Gasteiger partial charge in [-0.2, -0.15) is 0 Å². The molecule has 0 amide bonds. The Hall–Kier alpha value is -1.59. The number of benzene rings is 1. The lowest BCUT2D eigenvalue weighted by molar-refractivity contribution is -0.129. The van der Waals surface area contributed by atoms with Crippen molar-refractivity contribution in [2.24, 2.45) is 5.92 Å². The van der Waals surface area contributed by atoms with Gasteiger partial charge in [-0.3, -0.25) is 9.69 Å². The molecule has 1 N–H and O–H groups in total. The predicted octanol–water partition coefficient (Wildman–Crippen LogP) is 2.09. The predicted molar refractivity (Wildman–Crippen MR) is 82.2 cm³/mol. The third kappa shape index (κ3) is 2.38. The van der Waals surface area contributed by atoms with Crippen molar-refractivity contribution in [3.8, 4) is 11.5 Å². The Balaban J connectivity index is 2.03. The van der Waals surface area contributed by atoms with Crippen molar-refractivity contribution >= 4 is 5.78 Å². The van der Waals surface area contributed by atoms with Crippen LogP contribution in [0.3, 0.4) is 0 Å². The van der Waals surface area contributed by atoms with E-state index in [4.69, 9.17) is 9.47 Å². The van der Waals surface area contributed by atoms with Crippen LogP contribution in [0, 0.1) is 5.92 Å². The molecule has 0 aromatic heterocycles. The zero-order chi connectivity index (χ0) is 15.9. The number of hydrogen-bond donors (Lipinski definition) is 1. The highest BCUT2D eigenvalue weighted by Crippen LogP contribution is 2.44. The molecule has 2 aliphatic heterocycles. The highest BCUT2D eigenvalue weighted by atomic mass is 16.5. The van der Waals surface area contributed by atoms with Crippen LogP contribution in [0.2, 0.25) is 0 Å². The van der Waals surface area contributed by atoms with E-state index in [0.29, 0.717) is 30.2 Å². The number of piperidine rings is 1. The van der Waals surface area contributed by atoms with E-state index in [0.717, 1.165) is 24.1 Å². The second-order valence-electron chi connectivity index (χ2n) is 6.10. The largest absolute Gasteiger partial charge is 0.493 e. The Morgan fingerprint density at radius 1 is 1.18 bits per heavy atom. The number of aliphatic hydroxyl groups excluding tert-OH is 1. The van der Waals surface area contributed by atoms with E-state index < -0.39 is 6.10 Å². The summed E-state index contributed by atoms with van der Waals surface area (Å²) < 4.78 is 10.7. The summed E-state index contributed by atoms with van der Waals surface area (Å²) in [6, 6.07) is 3.79. The SMILES string of the molecule is CC[C@@H]1CN2C[C@@H](O)c3cc(OC)c(OC)cc3[C@H]2CC1=O. The van der Waals surface area contributed by atoms with Crippen molar-refractivity contribution in [1.29, 1.82) is 0 Å². The number of aliphatic hydroxyl groups is 1. The quantitative estimate of drug-likeness (QED) is 0.926. The Labute approximate surface area is 130 Å². The minimum absolute atomic E-state index is 0.0357. The van der Waals surface area contributed by atoms with Gasteiger partial charge < -0.3 is 14.6 Å². The highest BCUT2D eigenvalue weighted by Gasteiger charge is 2.40. The average Bonchev–Trinajstić information content (AvgIpc) is 2.54. The van der Waals surface area contributed by atoms with E-state index in [1.807, 2.05) is 19.1 Å². The van der Waals surface area contributed by atoms with Gasteiger partial charge in [0, 0.05) is 31.5 Å². The molecular weight excluding hydrogens is 282 g/mol. The summed E-state index contributed by atoms with van der Waals surface area (Å²) in [6.07, 6.45) is 0.807. The minimum atomic E-state index is -0.559. The summed E-state index contributed by atoms with van der Waals surface area (Å²) in [7, 11) is 3.18. The van der Waals surface area contributed by atoms with E-state index in [2.05, 4.69) is 4.90 Å². The Morgan fingerprint density at radius 2 is 1.82 bits per heavy atom. The lowest BCUT2D eigenvalue weighted by Gasteiger charge is -2.44. The first-order valence-corrected chi connectivity index (χ1v) is 7.79. The van der Waals surface area contributed by atoms with Gasteiger partial charge in [0.05, 0.1) is 20.3 Å². The molecule has 1 aromatic carbocycles. The van der Waals surface area contributed by atoms with E-state index >= 15 is 0 Å². The number of ether oxygens (including phenoxy) is 2. The maximum atomic E-state index is 12.3. The van der Waals surface area contributed by atoms with E-state index in [1.54, 1.807) is 14.2 Å². The van der Waals surface area contributed by atoms with Crippen LogP contribution in [0.4, 0.5) is 0 Å². The molecule has 0 radical (unpaired) electrons. The van der Waals surface area contributed by atoms with Crippen LogP contribution < -0.4 is 9.47 Å². The molecule has 1 aromatic rings. The second-order valence-corrected chi connectivity index (χ2v) is 6.10. The molecule has 0 saturated carbocycles. The van der Waals surface area contributed by atoms with Crippen molar-refractivity contribution in [3.05, 3.63) is 23.3 Å². The van der Waals surface area contributed by atoms with Crippen LogP contribution in [0.5, 0.6) is 11.5 Å². The van der Waals surface area contributed by atoms with E-state index in [-0.39, 0.29) is 12.0 Å². The van der Waals surface area contributed by atoms with Crippen molar-refractivity contribution < 1.29 is 19.4 Å². The molecular formula is C17H23NO4. The van der Waals surface area contributed by atoms with Gasteiger partial charge in [0.25, 0.3) is 0 Å². The first-order valence-electron chi connectivity index (χ1n) is 7.79. The summed E-state index contributed by atoms with van der Waals surface area (Å²) in [5.41, 5.74) is 1.83. The number of carbonyl (C=O) groups excluding carboxylic acids is 1. The van der Waals surface area contributed by atoms with Gasteiger partial charge in [-0.25, -0.2) is 0 Å². The van der Waals surface area contributed by atoms with Crippen LogP contribution in [0.25, 0.3) is 0 Å². The molecule has 22 heavy (non-hydrogen) atoms. The van der Waals surface area contributed by atoms with Crippen molar-refractivity contribution in [1.82, 2.24) is 4.90 Å². The standard InChI is InChI=1S/C17H23NO4/c1-4-10-8-18-9-15(20)12-6-17(22-3)16(21-2)5-11(12)13(18)7-14(10)19/h5-6,10,13,15,20H,4,7-9H2,1-3H3/t10-,13-,15-/m1/s1.